The van der Waals surface area contributed by atoms with Gasteiger partial charge in [-0.3, -0.25) is 4.79 Å². The Kier molecular flexibility index (Phi) is 4.65. The van der Waals surface area contributed by atoms with Crippen molar-refractivity contribution >= 4 is 5.91 Å². The van der Waals surface area contributed by atoms with Crippen molar-refractivity contribution in [2.24, 2.45) is 5.92 Å². The Morgan fingerprint density at radius 2 is 1.80 bits per heavy atom. The second kappa shape index (κ2) is 6.26. The van der Waals surface area contributed by atoms with Crippen molar-refractivity contribution in [1.29, 1.82) is 0 Å². The van der Waals surface area contributed by atoms with Gasteiger partial charge in [0.25, 0.3) is 5.91 Å². The standard InChI is InChI=1S/C14H16F3NO2/c15-10-6-12(17)11(16)5-9(10)14(20)18-13-4-2-1-3-8(13)7-19/h5-6,8,13,19H,1-4,7H2,(H,18,20). The quantitative estimate of drug-likeness (QED) is 0.839. The summed E-state index contributed by atoms with van der Waals surface area (Å²) in [4.78, 5) is 11.9. The van der Waals surface area contributed by atoms with Gasteiger partial charge in [0.1, 0.15) is 5.82 Å². The van der Waals surface area contributed by atoms with Crippen molar-refractivity contribution in [2.45, 2.75) is 31.7 Å². The van der Waals surface area contributed by atoms with Crippen molar-refractivity contribution in [3.8, 4) is 0 Å². The number of benzene rings is 1. The Labute approximate surface area is 114 Å². The molecule has 1 fully saturated rings. The minimum absolute atomic E-state index is 0.0643. The molecule has 2 atom stereocenters. The Hall–Kier alpha value is -1.56. The molecule has 0 aliphatic heterocycles. The Bertz CT molecular complexity index is 507. The Balaban J connectivity index is 2.13. The lowest BCUT2D eigenvalue weighted by atomic mass is 9.85. The molecule has 1 aliphatic carbocycles. The summed E-state index contributed by atoms with van der Waals surface area (Å²) in [6.45, 7) is -0.0643. The van der Waals surface area contributed by atoms with Crippen LogP contribution >= 0.6 is 0 Å². The van der Waals surface area contributed by atoms with Crippen LogP contribution < -0.4 is 5.32 Å². The highest BCUT2D eigenvalue weighted by Gasteiger charge is 2.27. The van der Waals surface area contributed by atoms with Gasteiger partial charge in [0.15, 0.2) is 11.6 Å². The lowest BCUT2D eigenvalue weighted by molar-refractivity contribution is 0.0868. The summed E-state index contributed by atoms with van der Waals surface area (Å²) >= 11 is 0. The molecule has 6 heteroatoms. The largest absolute Gasteiger partial charge is 0.396 e. The smallest absolute Gasteiger partial charge is 0.254 e. The van der Waals surface area contributed by atoms with Gasteiger partial charge in [-0.2, -0.15) is 0 Å². The van der Waals surface area contributed by atoms with Crippen LogP contribution in [-0.4, -0.2) is 23.7 Å². The van der Waals surface area contributed by atoms with E-state index in [1.165, 1.54) is 0 Å². The Morgan fingerprint density at radius 1 is 1.15 bits per heavy atom. The predicted molar refractivity (Wildman–Crippen MR) is 66.6 cm³/mol. The van der Waals surface area contributed by atoms with Gasteiger partial charge in [-0.25, -0.2) is 13.2 Å². The van der Waals surface area contributed by atoms with Crippen LogP contribution in [0.4, 0.5) is 13.2 Å². The first-order valence-electron chi connectivity index (χ1n) is 6.59. The van der Waals surface area contributed by atoms with Crippen LogP contribution in [0.5, 0.6) is 0 Å². The second-order valence-electron chi connectivity index (χ2n) is 5.05. The molecule has 3 nitrogen and oxygen atoms in total. The fourth-order valence-electron chi connectivity index (χ4n) is 2.56. The monoisotopic (exact) mass is 287 g/mol. The molecule has 2 N–H and O–H groups in total. The van der Waals surface area contributed by atoms with Crippen LogP contribution in [-0.2, 0) is 0 Å². The molecule has 0 bridgehead atoms. The van der Waals surface area contributed by atoms with Crippen LogP contribution in [0.1, 0.15) is 36.0 Å². The Morgan fingerprint density at radius 3 is 2.50 bits per heavy atom. The van der Waals surface area contributed by atoms with Crippen LogP contribution in [0.2, 0.25) is 0 Å². The average molecular weight is 287 g/mol. The summed E-state index contributed by atoms with van der Waals surface area (Å²) in [6.07, 6.45) is 3.34. The minimum atomic E-state index is -1.33. The zero-order valence-electron chi connectivity index (χ0n) is 10.8. The predicted octanol–water partition coefficient (Wildman–Crippen LogP) is 2.38. The van der Waals surface area contributed by atoms with Crippen LogP contribution in [0, 0.1) is 23.4 Å². The van der Waals surface area contributed by atoms with Crippen molar-refractivity contribution in [2.75, 3.05) is 6.61 Å². The van der Waals surface area contributed by atoms with Crippen molar-refractivity contribution in [3.63, 3.8) is 0 Å². The number of carbonyl (C=O) groups is 1. The molecule has 2 rings (SSSR count). The highest BCUT2D eigenvalue weighted by Crippen LogP contribution is 2.24. The van der Waals surface area contributed by atoms with E-state index < -0.39 is 28.9 Å². The highest BCUT2D eigenvalue weighted by atomic mass is 19.2. The van der Waals surface area contributed by atoms with E-state index >= 15 is 0 Å². The van der Waals surface area contributed by atoms with Crippen LogP contribution in [0.3, 0.4) is 0 Å². The first kappa shape index (κ1) is 14.8. The second-order valence-corrected chi connectivity index (χ2v) is 5.05. The highest BCUT2D eigenvalue weighted by molar-refractivity contribution is 5.94. The van der Waals surface area contributed by atoms with E-state index in [0.29, 0.717) is 18.6 Å². The molecule has 1 aromatic carbocycles. The van der Waals surface area contributed by atoms with Gasteiger partial charge < -0.3 is 10.4 Å². The summed E-state index contributed by atoms with van der Waals surface area (Å²) in [5.74, 6) is -4.56. The van der Waals surface area contributed by atoms with Gasteiger partial charge in [-0.05, 0) is 18.9 Å². The third-order valence-corrected chi connectivity index (χ3v) is 3.71. The number of nitrogens with one attached hydrogen (secondary N) is 1. The SMILES string of the molecule is O=C(NC1CCCCC1CO)c1cc(F)c(F)cc1F. The van der Waals surface area contributed by atoms with Gasteiger partial charge in [-0.15, -0.1) is 0 Å². The average Bonchev–Trinajstić information content (AvgIpc) is 2.43. The zero-order chi connectivity index (χ0) is 14.7. The number of amides is 1. The number of carbonyl (C=O) groups excluding carboxylic acids is 1. The molecule has 0 heterocycles. The number of rotatable bonds is 3. The van der Waals surface area contributed by atoms with Gasteiger partial charge in [0.2, 0.25) is 0 Å². The van der Waals surface area contributed by atoms with E-state index in [2.05, 4.69) is 5.32 Å². The third-order valence-electron chi connectivity index (χ3n) is 3.71. The topological polar surface area (TPSA) is 49.3 Å². The third kappa shape index (κ3) is 3.12. The summed E-state index contributed by atoms with van der Waals surface area (Å²) in [5.41, 5.74) is -0.522. The number of aliphatic hydroxyl groups excluding tert-OH is 1. The van der Waals surface area contributed by atoms with Crippen molar-refractivity contribution in [1.82, 2.24) is 5.32 Å². The molecule has 1 aliphatic rings. The molecule has 0 saturated heterocycles. The first-order chi connectivity index (χ1) is 9.52. The molecule has 0 radical (unpaired) electrons. The zero-order valence-corrected chi connectivity index (χ0v) is 10.8. The summed E-state index contributed by atoms with van der Waals surface area (Å²) < 4.78 is 39.4. The molecule has 1 aromatic rings. The van der Waals surface area contributed by atoms with E-state index in [4.69, 9.17) is 0 Å². The number of halogens is 3. The molecular weight excluding hydrogens is 271 g/mol. The van der Waals surface area contributed by atoms with E-state index in [1.807, 2.05) is 0 Å². The van der Waals surface area contributed by atoms with E-state index in [0.717, 1.165) is 19.3 Å². The van der Waals surface area contributed by atoms with Gasteiger partial charge in [-0.1, -0.05) is 12.8 Å². The van der Waals surface area contributed by atoms with Gasteiger partial charge in [0.05, 0.1) is 5.56 Å². The minimum Gasteiger partial charge on any atom is -0.396 e. The lowest BCUT2D eigenvalue weighted by Gasteiger charge is -2.30. The summed E-state index contributed by atoms with van der Waals surface area (Å²) in [6, 6.07) is 0.638. The fraction of sp³-hybridized carbons (Fsp3) is 0.500. The molecular formula is C14H16F3NO2. The lowest BCUT2D eigenvalue weighted by Crippen LogP contribution is -2.43. The normalized spacial score (nSPS) is 22.6. The maximum atomic E-state index is 13.5. The molecule has 0 aromatic heterocycles. The summed E-state index contributed by atoms with van der Waals surface area (Å²) in [5, 5.41) is 11.8. The van der Waals surface area contributed by atoms with Crippen LogP contribution in [0.15, 0.2) is 12.1 Å². The van der Waals surface area contributed by atoms with Crippen LogP contribution in [0.25, 0.3) is 0 Å². The number of hydrogen-bond donors (Lipinski definition) is 2. The maximum Gasteiger partial charge on any atom is 0.254 e. The first-order valence-corrected chi connectivity index (χ1v) is 6.59. The van der Waals surface area contributed by atoms with E-state index in [1.54, 1.807) is 0 Å². The number of aliphatic hydroxyl groups is 1. The van der Waals surface area contributed by atoms with E-state index in [-0.39, 0.29) is 18.6 Å². The molecule has 1 amide bonds. The molecule has 110 valence electrons. The molecule has 0 spiro atoms. The van der Waals surface area contributed by atoms with Crippen molar-refractivity contribution < 1.29 is 23.1 Å². The van der Waals surface area contributed by atoms with Crippen molar-refractivity contribution in [3.05, 3.63) is 35.1 Å². The molecule has 2 unspecified atom stereocenters. The number of hydrogen-bond acceptors (Lipinski definition) is 2. The van der Waals surface area contributed by atoms with Gasteiger partial charge in [0, 0.05) is 24.6 Å². The fourth-order valence-corrected chi connectivity index (χ4v) is 2.56. The maximum absolute atomic E-state index is 13.5. The molecule has 20 heavy (non-hydrogen) atoms. The van der Waals surface area contributed by atoms with E-state index in [9.17, 15) is 23.1 Å². The van der Waals surface area contributed by atoms with Gasteiger partial charge >= 0.3 is 0 Å². The molecule has 1 saturated carbocycles. The summed E-state index contributed by atoms with van der Waals surface area (Å²) in [7, 11) is 0.